The fourth-order valence-electron chi connectivity index (χ4n) is 2.33. The lowest BCUT2D eigenvalue weighted by atomic mass is 10.1. The summed E-state index contributed by atoms with van der Waals surface area (Å²) < 4.78 is 24.3. The Labute approximate surface area is 129 Å². The molecule has 1 saturated heterocycles. The van der Waals surface area contributed by atoms with Crippen LogP contribution in [-0.2, 0) is 19.6 Å². The molecule has 0 aromatic rings. The van der Waals surface area contributed by atoms with Gasteiger partial charge in [-0.1, -0.05) is 6.08 Å². The summed E-state index contributed by atoms with van der Waals surface area (Å²) in [7, 11) is -3.12. The number of rotatable bonds is 5. The molecule has 1 N–H and O–H groups in total. The van der Waals surface area contributed by atoms with Crippen molar-refractivity contribution >= 4 is 28.1 Å². The van der Waals surface area contributed by atoms with Gasteiger partial charge in [0.15, 0.2) is 0 Å². The molecule has 122 valence electrons. The number of nitrogens with zero attached hydrogens (tertiary/aromatic N) is 3. The molecule has 1 fully saturated rings. The average Bonchev–Trinajstić information content (AvgIpc) is 2.47. The van der Waals surface area contributed by atoms with E-state index in [9.17, 15) is 18.0 Å². The Morgan fingerprint density at radius 3 is 2.59 bits per heavy atom. The summed E-state index contributed by atoms with van der Waals surface area (Å²) in [4.78, 5) is 28.4. The number of amides is 2. The molecule has 0 aliphatic carbocycles. The Balaban J connectivity index is 1.68. The van der Waals surface area contributed by atoms with Gasteiger partial charge in [-0.3, -0.25) is 14.5 Å². The second kappa shape index (κ2) is 7.12. The maximum absolute atomic E-state index is 11.9. The Hall–Kier alpha value is -1.58. The van der Waals surface area contributed by atoms with Crippen molar-refractivity contribution in [3.63, 3.8) is 0 Å². The first-order chi connectivity index (χ1) is 10.4. The van der Waals surface area contributed by atoms with E-state index in [0.29, 0.717) is 39.3 Å². The standard InChI is InChI=1S/C13H20N4O4S/c1-22(20,21)17-8-6-16(7-9-17)5-4-14-13(19)11-2-3-12(18)15-10-11/h2-3,10-11H,4-9H2,1H3,(H,14,19). The predicted octanol–water partition coefficient (Wildman–Crippen LogP) is -1.54. The highest BCUT2D eigenvalue weighted by Crippen LogP contribution is 2.05. The minimum Gasteiger partial charge on any atom is -0.354 e. The fourth-order valence-corrected chi connectivity index (χ4v) is 3.15. The molecule has 1 unspecified atom stereocenters. The van der Waals surface area contributed by atoms with E-state index >= 15 is 0 Å². The zero-order valence-electron chi connectivity index (χ0n) is 12.4. The number of aliphatic imine (C=N–C) groups is 1. The number of dihydropyridines is 1. The van der Waals surface area contributed by atoms with Gasteiger partial charge in [-0.15, -0.1) is 0 Å². The first-order valence-corrected chi connectivity index (χ1v) is 8.92. The van der Waals surface area contributed by atoms with Gasteiger partial charge >= 0.3 is 0 Å². The minimum absolute atomic E-state index is 0.192. The summed E-state index contributed by atoms with van der Waals surface area (Å²) >= 11 is 0. The summed E-state index contributed by atoms with van der Waals surface area (Å²) in [5.41, 5.74) is 0. The molecule has 0 radical (unpaired) electrons. The molecule has 22 heavy (non-hydrogen) atoms. The van der Waals surface area contributed by atoms with Crippen molar-refractivity contribution in [2.75, 3.05) is 45.5 Å². The van der Waals surface area contributed by atoms with Crippen LogP contribution in [0.2, 0.25) is 0 Å². The Morgan fingerprint density at radius 2 is 2.05 bits per heavy atom. The molecule has 2 aliphatic heterocycles. The summed E-state index contributed by atoms with van der Waals surface area (Å²) in [6.07, 6.45) is 5.36. The van der Waals surface area contributed by atoms with Crippen molar-refractivity contribution in [2.24, 2.45) is 10.9 Å². The third-order valence-corrected chi connectivity index (χ3v) is 4.94. The quantitative estimate of drug-likeness (QED) is 0.660. The molecule has 0 bridgehead atoms. The van der Waals surface area contributed by atoms with Crippen molar-refractivity contribution in [3.8, 4) is 0 Å². The SMILES string of the molecule is CS(=O)(=O)N1CCN(CCNC(=O)C2C=CC(=O)N=C2)CC1. The average molecular weight is 328 g/mol. The molecule has 9 heteroatoms. The maximum Gasteiger partial charge on any atom is 0.269 e. The van der Waals surface area contributed by atoms with E-state index < -0.39 is 15.9 Å². The fraction of sp³-hybridized carbons (Fsp3) is 0.615. The van der Waals surface area contributed by atoms with Gasteiger partial charge < -0.3 is 5.32 Å². The molecule has 0 spiro atoms. The van der Waals surface area contributed by atoms with E-state index in [2.05, 4.69) is 15.2 Å². The van der Waals surface area contributed by atoms with Crippen LogP contribution in [0.25, 0.3) is 0 Å². The van der Waals surface area contributed by atoms with Gasteiger partial charge in [0.25, 0.3) is 5.91 Å². The van der Waals surface area contributed by atoms with Crippen LogP contribution in [0.5, 0.6) is 0 Å². The zero-order valence-corrected chi connectivity index (χ0v) is 13.3. The number of piperazine rings is 1. The molecule has 0 aromatic heterocycles. The van der Waals surface area contributed by atoms with Crippen LogP contribution < -0.4 is 5.32 Å². The van der Waals surface area contributed by atoms with Crippen molar-refractivity contribution in [1.82, 2.24) is 14.5 Å². The maximum atomic E-state index is 11.9. The summed E-state index contributed by atoms with van der Waals surface area (Å²) in [6.45, 7) is 3.41. The number of hydrogen-bond acceptors (Lipinski definition) is 5. The van der Waals surface area contributed by atoms with E-state index in [-0.39, 0.29) is 11.8 Å². The number of nitrogens with one attached hydrogen (secondary N) is 1. The predicted molar refractivity (Wildman–Crippen MR) is 82.0 cm³/mol. The van der Waals surface area contributed by atoms with Crippen molar-refractivity contribution in [2.45, 2.75) is 0 Å². The highest BCUT2D eigenvalue weighted by atomic mass is 32.2. The van der Waals surface area contributed by atoms with Crippen LogP contribution in [0, 0.1) is 5.92 Å². The molecule has 0 aromatic carbocycles. The van der Waals surface area contributed by atoms with Gasteiger partial charge in [-0.25, -0.2) is 13.4 Å². The zero-order chi connectivity index (χ0) is 16.2. The Kier molecular flexibility index (Phi) is 5.43. The number of carbonyl (C=O) groups is 2. The minimum atomic E-state index is -3.12. The first-order valence-electron chi connectivity index (χ1n) is 7.08. The third kappa shape index (κ3) is 4.72. The number of sulfonamides is 1. The smallest absolute Gasteiger partial charge is 0.269 e. The molecule has 2 heterocycles. The second-order valence-electron chi connectivity index (χ2n) is 5.30. The molecule has 1 atom stereocenters. The molecule has 2 amide bonds. The van der Waals surface area contributed by atoms with Crippen LogP contribution in [0.15, 0.2) is 17.1 Å². The van der Waals surface area contributed by atoms with Crippen LogP contribution in [0.1, 0.15) is 0 Å². The first kappa shape index (κ1) is 16.8. The highest BCUT2D eigenvalue weighted by Gasteiger charge is 2.23. The van der Waals surface area contributed by atoms with Crippen LogP contribution >= 0.6 is 0 Å². The molecule has 0 saturated carbocycles. The van der Waals surface area contributed by atoms with Gasteiger partial charge in [0.2, 0.25) is 15.9 Å². The highest BCUT2D eigenvalue weighted by molar-refractivity contribution is 7.88. The van der Waals surface area contributed by atoms with Gasteiger partial charge in [0.05, 0.1) is 12.2 Å². The molecular weight excluding hydrogens is 308 g/mol. The Bertz CT molecular complexity index is 575. The van der Waals surface area contributed by atoms with Crippen molar-refractivity contribution in [1.29, 1.82) is 0 Å². The largest absolute Gasteiger partial charge is 0.354 e. The van der Waals surface area contributed by atoms with E-state index in [1.54, 1.807) is 0 Å². The lowest BCUT2D eigenvalue weighted by molar-refractivity contribution is -0.121. The molecular formula is C13H20N4O4S. The lowest BCUT2D eigenvalue weighted by Gasteiger charge is -2.33. The van der Waals surface area contributed by atoms with Gasteiger partial charge in [-0.2, -0.15) is 4.31 Å². The van der Waals surface area contributed by atoms with E-state index in [1.807, 2.05) is 0 Å². The van der Waals surface area contributed by atoms with Crippen molar-refractivity contribution < 1.29 is 18.0 Å². The van der Waals surface area contributed by atoms with Gasteiger partial charge in [0, 0.05) is 51.6 Å². The summed E-state index contributed by atoms with van der Waals surface area (Å²) in [5, 5.41) is 2.79. The number of carbonyl (C=O) groups excluding carboxylic acids is 2. The van der Waals surface area contributed by atoms with Crippen LogP contribution in [-0.4, -0.2) is 81.2 Å². The van der Waals surface area contributed by atoms with Crippen LogP contribution in [0.3, 0.4) is 0 Å². The molecule has 2 aliphatic rings. The number of hydrogen-bond donors (Lipinski definition) is 1. The monoisotopic (exact) mass is 328 g/mol. The van der Waals surface area contributed by atoms with Crippen molar-refractivity contribution in [3.05, 3.63) is 12.2 Å². The lowest BCUT2D eigenvalue weighted by Crippen LogP contribution is -2.50. The second-order valence-corrected chi connectivity index (χ2v) is 7.28. The topological polar surface area (TPSA) is 99.1 Å². The molecule has 2 rings (SSSR count). The van der Waals surface area contributed by atoms with E-state index in [0.717, 1.165) is 0 Å². The normalized spacial score (nSPS) is 23.7. The van der Waals surface area contributed by atoms with Crippen LogP contribution in [0.4, 0.5) is 0 Å². The van der Waals surface area contributed by atoms with E-state index in [1.165, 1.54) is 28.9 Å². The van der Waals surface area contributed by atoms with Gasteiger partial charge in [0.1, 0.15) is 0 Å². The Morgan fingerprint density at radius 1 is 1.36 bits per heavy atom. The molecule has 8 nitrogen and oxygen atoms in total. The third-order valence-electron chi connectivity index (χ3n) is 3.64. The van der Waals surface area contributed by atoms with E-state index in [4.69, 9.17) is 0 Å². The summed E-state index contributed by atoms with van der Waals surface area (Å²) in [5.74, 6) is -1.05. The summed E-state index contributed by atoms with van der Waals surface area (Å²) in [6, 6.07) is 0. The van der Waals surface area contributed by atoms with Gasteiger partial charge in [-0.05, 0) is 0 Å².